The topological polar surface area (TPSA) is 60.2 Å². The number of hydrogen-bond acceptors (Lipinski definition) is 2. The van der Waals surface area contributed by atoms with Crippen LogP contribution >= 0.6 is 0 Å². The standard InChI is InChI=1S/C17H21NO2S/c1-13-9-10-16(14-7-5-4-6-8-14)15(11-13)12-17(2,3)21(18,19)20/h4-11H,12H2,1-3H3,(H2,18,19,20). The summed E-state index contributed by atoms with van der Waals surface area (Å²) < 4.78 is 22.5. The van der Waals surface area contributed by atoms with Crippen molar-refractivity contribution in [2.75, 3.05) is 0 Å². The van der Waals surface area contributed by atoms with Gasteiger partial charge in [-0.25, -0.2) is 13.6 Å². The second-order valence-electron chi connectivity index (χ2n) is 6.01. The maximum Gasteiger partial charge on any atom is 0.214 e. The van der Waals surface area contributed by atoms with E-state index < -0.39 is 14.8 Å². The van der Waals surface area contributed by atoms with Gasteiger partial charge in [-0.05, 0) is 43.9 Å². The van der Waals surface area contributed by atoms with Crippen LogP contribution in [0.25, 0.3) is 11.1 Å². The lowest BCUT2D eigenvalue weighted by atomic mass is 9.92. The van der Waals surface area contributed by atoms with E-state index in [9.17, 15) is 8.42 Å². The van der Waals surface area contributed by atoms with Gasteiger partial charge in [0.05, 0.1) is 4.75 Å². The second kappa shape index (κ2) is 5.62. The average molecular weight is 303 g/mol. The molecule has 0 spiro atoms. The summed E-state index contributed by atoms with van der Waals surface area (Å²) in [5.41, 5.74) is 4.24. The molecule has 4 heteroatoms. The first kappa shape index (κ1) is 15.7. The molecule has 112 valence electrons. The lowest BCUT2D eigenvalue weighted by molar-refractivity contribution is 0.545. The summed E-state index contributed by atoms with van der Waals surface area (Å²) in [5, 5.41) is 5.36. The van der Waals surface area contributed by atoms with Crippen LogP contribution in [0.1, 0.15) is 25.0 Å². The molecule has 0 saturated heterocycles. The number of sulfonamides is 1. The van der Waals surface area contributed by atoms with Crippen LogP contribution in [0.2, 0.25) is 0 Å². The Morgan fingerprint density at radius 1 is 1.05 bits per heavy atom. The summed E-state index contributed by atoms with van der Waals surface area (Å²) >= 11 is 0. The summed E-state index contributed by atoms with van der Waals surface area (Å²) in [5.74, 6) is 0. The highest BCUT2D eigenvalue weighted by Gasteiger charge is 2.32. The van der Waals surface area contributed by atoms with Gasteiger partial charge in [-0.2, -0.15) is 0 Å². The molecule has 0 aliphatic rings. The van der Waals surface area contributed by atoms with E-state index in [1.807, 2.05) is 55.5 Å². The molecule has 3 nitrogen and oxygen atoms in total. The zero-order chi connectivity index (χ0) is 15.7. The third-order valence-corrected chi connectivity index (χ3v) is 5.42. The zero-order valence-corrected chi connectivity index (χ0v) is 13.4. The Morgan fingerprint density at radius 2 is 1.67 bits per heavy atom. The Morgan fingerprint density at radius 3 is 2.24 bits per heavy atom. The monoisotopic (exact) mass is 303 g/mol. The van der Waals surface area contributed by atoms with E-state index in [-0.39, 0.29) is 0 Å². The van der Waals surface area contributed by atoms with Crippen LogP contribution in [0.4, 0.5) is 0 Å². The molecule has 21 heavy (non-hydrogen) atoms. The van der Waals surface area contributed by atoms with E-state index in [2.05, 4.69) is 0 Å². The van der Waals surface area contributed by atoms with Gasteiger partial charge in [0, 0.05) is 0 Å². The van der Waals surface area contributed by atoms with Crippen molar-refractivity contribution in [2.45, 2.75) is 31.9 Å². The van der Waals surface area contributed by atoms with Crippen molar-refractivity contribution in [1.82, 2.24) is 0 Å². The van der Waals surface area contributed by atoms with Gasteiger partial charge in [0.25, 0.3) is 0 Å². The summed E-state index contributed by atoms with van der Waals surface area (Å²) in [6.07, 6.45) is 0.387. The van der Waals surface area contributed by atoms with Crippen molar-refractivity contribution in [2.24, 2.45) is 5.14 Å². The van der Waals surface area contributed by atoms with Gasteiger partial charge in [0.2, 0.25) is 10.0 Å². The molecule has 0 aromatic heterocycles. The second-order valence-corrected chi connectivity index (χ2v) is 8.20. The van der Waals surface area contributed by atoms with E-state index in [1.165, 1.54) is 0 Å². The predicted octanol–water partition coefficient (Wildman–Crippen LogP) is 3.27. The molecule has 0 unspecified atom stereocenters. The minimum absolute atomic E-state index is 0.387. The van der Waals surface area contributed by atoms with Crippen molar-refractivity contribution in [3.05, 3.63) is 59.7 Å². The molecule has 0 bridgehead atoms. The van der Waals surface area contributed by atoms with Crippen molar-refractivity contribution < 1.29 is 8.42 Å². The lowest BCUT2D eigenvalue weighted by Crippen LogP contribution is -2.39. The van der Waals surface area contributed by atoms with Crippen LogP contribution in [0.5, 0.6) is 0 Å². The number of hydrogen-bond donors (Lipinski definition) is 1. The lowest BCUT2D eigenvalue weighted by Gasteiger charge is -2.24. The van der Waals surface area contributed by atoms with Gasteiger partial charge >= 0.3 is 0 Å². The highest BCUT2D eigenvalue weighted by atomic mass is 32.2. The summed E-state index contributed by atoms with van der Waals surface area (Å²) in [6, 6.07) is 16.1. The van der Waals surface area contributed by atoms with Gasteiger partial charge in [-0.1, -0.05) is 54.1 Å². The number of nitrogens with two attached hydrogens (primary N) is 1. The van der Waals surface area contributed by atoms with E-state index in [1.54, 1.807) is 13.8 Å². The molecule has 0 aliphatic heterocycles. The molecule has 0 fully saturated rings. The first-order valence-corrected chi connectivity index (χ1v) is 8.43. The van der Waals surface area contributed by atoms with E-state index >= 15 is 0 Å². The number of primary sulfonamides is 1. The van der Waals surface area contributed by atoms with Gasteiger partial charge in [-0.15, -0.1) is 0 Å². The molecule has 2 rings (SSSR count). The fourth-order valence-electron chi connectivity index (χ4n) is 2.33. The third kappa shape index (κ3) is 3.52. The zero-order valence-electron chi connectivity index (χ0n) is 12.6. The Balaban J connectivity index is 2.52. The Hall–Kier alpha value is -1.65. The first-order chi connectivity index (χ1) is 9.71. The molecule has 2 N–H and O–H groups in total. The van der Waals surface area contributed by atoms with Crippen molar-refractivity contribution in [3.63, 3.8) is 0 Å². The molecule has 2 aromatic carbocycles. The van der Waals surface area contributed by atoms with Crippen molar-refractivity contribution >= 4 is 10.0 Å². The highest BCUT2D eigenvalue weighted by molar-refractivity contribution is 7.90. The maximum atomic E-state index is 11.8. The third-order valence-electron chi connectivity index (χ3n) is 3.73. The smallest absolute Gasteiger partial charge is 0.214 e. The molecule has 0 heterocycles. The molecular weight excluding hydrogens is 282 g/mol. The Labute approximate surface area is 126 Å². The Kier molecular flexibility index (Phi) is 4.21. The highest BCUT2D eigenvalue weighted by Crippen LogP contribution is 2.29. The van der Waals surface area contributed by atoms with Gasteiger partial charge in [-0.3, -0.25) is 0 Å². The van der Waals surface area contributed by atoms with Crippen molar-refractivity contribution in [3.8, 4) is 11.1 Å². The molecular formula is C17H21NO2S. The average Bonchev–Trinajstić information content (AvgIpc) is 2.38. The largest absolute Gasteiger partial charge is 0.228 e. The molecule has 0 radical (unpaired) electrons. The SMILES string of the molecule is Cc1ccc(-c2ccccc2)c(CC(C)(C)S(N)(=O)=O)c1. The van der Waals surface area contributed by atoms with Gasteiger partial charge in [0.15, 0.2) is 0 Å². The molecule has 0 saturated carbocycles. The number of aryl methyl sites for hydroxylation is 1. The summed E-state index contributed by atoms with van der Waals surface area (Å²) in [6.45, 7) is 5.33. The summed E-state index contributed by atoms with van der Waals surface area (Å²) in [4.78, 5) is 0. The number of rotatable bonds is 4. The van der Waals surface area contributed by atoms with Crippen LogP contribution in [0.3, 0.4) is 0 Å². The van der Waals surface area contributed by atoms with E-state index in [0.717, 1.165) is 22.3 Å². The fraction of sp³-hybridized carbons (Fsp3) is 0.294. The quantitative estimate of drug-likeness (QED) is 0.942. The predicted molar refractivity (Wildman–Crippen MR) is 87.5 cm³/mol. The molecule has 0 amide bonds. The van der Waals surface area contributed by atoms with Crippen LogP contribution in [-0.2, 0) is 16.4 Å². The maximum absolute atomic E-state index is 11.8. The number of benzene rings is 2. The normalized spacial score (nSPS) is 12.4. The van der Waals surface area contributed by atoms with Crippen LogP contribution in [0.15, 0.2) is 48.5 Å². The summed E-state index contributed by atoms with van der Waals surface area (Å²) in [7, 11) is -3.61. The molecule has 2 aromatic rings. The minimum Gasteiger partial charge on any atom is -0.228 e. The van der Waals surface area contributed by atoms with E-state index in [0.29, 0.717) is 6.42 Å². The van der Waals surface area contributed by atoms with Gasteiger partial charge in [0.1, 0.15) is 0 Å². The minimum atomic E-state index is -3.61. The molecule has 0 aliphatic carbocycles. The van der Waals surface area contributed by atoms with Crippen molar-refractivity contribution in [1.29, 1.82) is 0 Å². The first-order valence-electron chi connectivity index (χ1n) is 6.88. The fourth-order valence-corrected chi connectivity index (χ4v) is 2.68. The van der Waals surface area contributed by atoms with Gasteiger partial charge < -0.3 is 0 Å². The van der Waals surface area contributed by atoms with Crippen LogP contribution < -0.4 is 5.14 Å². The van der Waals surface area contributed by atoms with E-state index in [4.69, 9.17) is 5.14 Å². The molecule has 0 atom stereocenters. The van der Waals surface area contributed by atoms with Crippen LogP contribution in [-0.4, -0.2) is 13.2 Å². The van der Waals surface area contributed by atoms with Crippen LogP contribution in [0, 0.1) is 6.92 Å². The Bertz CT molecular complexity index is 735.